The van der Waals surface area contributed by atoms with Gasteiger partial charge in [0.05, 0.1) is 11.0 Å². The summed E-state index contributed by atoms with van der Waals surface area (Å²) in [5, 5.41) is 4.06. The van der Waals surface area contributed by atoms with Gasteiger partial charge in [0, 0.05) is 12.1 Å². The summed E-state index contributed by atoms with van der Waals surface area (Å²) in [5.41, 5.74) is 2.29. The molecule has 2 heterocycles. The van der Waals surface area contributed by atoms with Crippen LogP contribution < -0.4 is 10.4 Å². The molecule has 0 aliphatic carbocycles. The highest BCUT2D eigenvalue weighted by Crippen LogP contribution is 2.24. The van der Waals surface area contributed by atoms with Crippen molar-refractivity contribution in [2.75, 3.05) is 0 Å². The van der Waals surface area contributed by atoms with E-state index >= 15 is 0 Å². The van der Waals surface area contributed by atoms with Crippen molar-refractivity contribution in [2.24, 2.45) is 0 Å². The molecule has 4 aromatic rings. The van der Waals surface area contributed by atoms with Crippen molar-refractivity contribution in [3.63, 3.8) is 0 Å². The van der Waals surface area contributed by atoms with Gasteiger partial charge in [-0.25, -0.2) is 4.79 Å². The molecular weight excluding hydrogens is 344 g/mol. The molecule has 0 aliphatic rings. The number of aromatic amines is 1. The number of hydrogen-bond acceptors (Lipinski definition) is 5. The molecular formula is C20H20N4O3. The number of fused-ring (bicyclic) bond motifs is 1. The molecule has 1 atom stereocenters. The van der Waals surface area contributed by atoms with Gasteiger partial charge in [-0.15, -0.1) is 0 Å². The Bertz CT molecular complexity index is 1110. The highest BCUT2D eigenvalue weighted by Gasteiger charge is 2.17. The van der Waals surface area contributed by atoms with Crippen LogP contribution in [0.1, 0.15) is 32.3 Å². The molecule has 0 aliphatic heterocycles. The first-order valence-electron chi connectivity index (χ1n) is 8.94. The summed E-state index contributed by atoms with van der Waals surface area (Å²) in [4.78, 5) is 19.4. The largest absolute Gasteiger partial charge is 0.481 e. The molecule has 0 amide bonds. The molecule has 0 fully saturated rings. The number of rotatable bonds is 6. The lowest BCUT2D eigenvalue weighted by Crippen LogP contribution is -2.16. The number of nitrogens with zero attached hydrogens (tertiary/aromatic N) is 3. The van der Waals surface area contributed by atoms with Crippen molar-refractivity contribution in [1.29, 1.82) is 0 Å². The molecule has 27 heavy (non-hydrogen) atoms. The summed E-state index contributed by atoms with van der Waals surface area (Å²) in [5.74, 6) is 1.59. The summed E-state index contributed by atoms with van der Waals surface area (Å²) >= 11 is 0. The summed E-state index contributed by atoms with van der Waals surface area (Å²) < 4.78 is 12.9. The average molecular weight is 364 g/mol. The van der Waals surface area contributed by atoms with E-state index < -0.39 is 0 Å². The molecule has 7 heteroatoms. The van der Waals surface area contributed by atoms with Crippen LogP contribution in [0, 0.1) is 0 Å². The third-order valence-corrected chi connectivity index (χ3v) is 4.33. The Hall–Kier alpha value is -3.35. The first-order chi connectivity index (χ1) is 13.2. The van der Waals surface area contributed by atoms with Crippen LogP contribution in [-0.2, 0) is 6.54 Å². The monoisotopic (exact) mass is 364 g/mol. The molecule has 0 bridgehead atoms. The van der Waals surface area contributed by atoms with Crippen LogP contribution >= 0.6 is 0 Å². The van der Waals surface area contributed by atoms with E-state index in [2.05, 4.69) is 15.1 Å². The van der Waals surface area contributed by atoms with Crippen molar-refractivity contribution in [1.82, 2.24) is 19.7 Å². The van der Waals surface area contributed by atoms with Gasteiger partial charge in [0.25, 0.3) is 5.89 Å². The van der Waals surface area contributed by atoms with E-state index in [1.807, 2.05) is 62.4 Å². The van der Waals surface area contributed by atoms with Gasteiger partial charge in [0.15, 0.2) is 6.10 Å². The summed E-state index contributed by atoms with van der Waals surface area (Å²) in [6, 6.07) is 15.1. The third kappa shape index (κ3) is 3.36. The lowest BCUT2D eigenvalue weighted by Gasteiger charge is -2.09. The topological polar surface area (TPSA) is 85.9 Å². The van der Waals surface area contributed by atoms with Gasteiger partial charge in [-0.1, -0.05) is 30.3 Å². The number of imidazole rings is 1. The van der Waals surface area contributed by atoms with Crippen LogP contribution in [0.4, 0.5) is 0 Å². The molecule has 0 unspecified atom stereocenters. The first-order valence-corrected chi connectivity index (χ1v) is 8.94. The SMILES string of the molecule is CCCn1c(=O)[nH]c2cc(-c3noc([C@H](C)Oc4ccccc4)n3)ccc21. The molecule has 7 nitrogen and oxygen atoms in total. The fourth-order valence-corrected chi connectivity index (χ4v) is 3.02. The Morgan fingerprint density at radius 2 is 2.04 bits per heavy atom. The molecule has 0 radical (unpaired) electrons. The van der Waals surface area contributed by atoms with E-state index in [0.717, 1.165) is 28.8 Å². The second-order valence-corrected chi connectivity index (χ2v) is 6.34. The molecule has 0 saturated carbocycles. The van der Waals surface area contributed by atoms with E-state index in [9.17, 15) is 4.79 Å². The van der Waals surface area contributed by atoms with Crippen LogP contribution in [0.25, 0.3) is 22.4 Å². The van der Waals surface area contributed by atoms with E-state index in [-0.39, 0.29) is 11.8 Å². The molecule has 2 aromatic heterocycles. The van der Waals surface area contributed by atoms with Crippen molar-refractivity contribution >= 4 is 11.0 Å². The molecule has 138 valence electrons. The van der Waals surface area contributed by atoms with Gasteiger partial charge in [-0.2, -0.15) is 4.98 Å². The number of para-hydroxylation sites is 1. The number of ether oxygens (including phenoxy) is 1. The van der Waals surface area contributed by atoms with Crippen LogP contribution in [-0.4, -0.2) is 19.7 Å². The Labute approximate surface area is 155 Å². The lowest BCUT2D eigenvalue weighted by molar-refractivity contribution is 0.176. The summed E-state index contributed by atoms with van der Waals surface area (Å²) in [6.45, 7) is 4.58. The molecule has 0 saturated heterocycles. The minimum atomic E-state index is -0.372. The molecule has 4 rings (SSSR count). The van der Waals surface area contributed by atoms with Gasteiger partial charge in [-0.05, 0) is 43.7 Å². The van der Waals surface area contributed by atoms with Crippen molar-refractivity contribution in [2.45, 2.75) is 32.9 Å². The number of benzene rings is 2. The quantitative estimate of drug-likeness (QED) is 0.560. The van der Waals surface area contributed by atoms with Gasteiger partial charge in [0.2, 0.25) is 5.82 Å². The highest BCUT2D eigenvalue weighted by molar-refractivity contribution is 5.80. The number of aryl methyl sites for hydroxylation is 1. The summed E-state index contributed by atoms with van der Waals surface area (Å²) in [7, 11) is 0. The van der Waals surface area contributed by atoms with Gasteiger partial charge >= 0.3 is 5.69 Å². The van der Waals surface area contributed by atoms with Gasteiger partial charge < -0.3 is 14.2 Å². The van der Waals surface area contributed by atoms with Crippen LogP contribution in [0.15, 0.2) is 57.8 Å². The Kier molecular flexibility index (Phi) is 4.50. The van der Waals surface area contributed by atoms with Crippen molar-refractivity contribution in [3.8, 4) is 17.1 Å². The minimum Gasteiger partial charge on any atom is -0.481 e. The van der Waals surface area contributed by atoms with E-state index in [4.69, 9.17) is 9.26 Å². The predicted octanol–water partition coefficient (Wildman–Crippen LogP) is 3.93. The Morgan fingerprint density at radius 1 is 1.22 bits per heavy atom. The van der Waals surface area contributed by atoms with E-state index in [1.54, 1.807) is 4.57 Å². The van der Waals surface area contributed by atoms with Gasteiger partial charge in [-0.3, -0.25) is 4.57 Å². The smallest absolute Gasteiger partial charge is 0.326 e. The molecule has 1 N–H and O–H groups in total. The predicted molar refractivity (Wildman–Crippen MR) is 102 cm³/mol. The summed E-state index contributed by atoms with van der Waals surface area (Å²) in [6.07, 6.45) is 0.519. The maximum absolute atomic E-state index is 12.1. The second kappa shape index (κ2) is 7.11. The third-order valence-electron chi connectivity index (χ3n) is 4.33. The Morgan fingerprint density at radius 3 is 2.81 bits per heavy atom. The molecule has 0 spiro atoms. The lowest BCUT2D eigenvalue weighted by atomic mass is 10.2. The number of hydrogen-bond donors (Lipinski definition) is 1. The normalized spacial score (nSPS) is 12.4. The standard InChI is InChI=1S/C20H20N4O3/c1-3-11-24-17-10-9-14(12-16(17)21-20(24)25)18-22-19(27-23-18)13(2)26-15-7-5-4-6-8-15/h4-10,12-13H,3,11H2,1-2H3,(H,21,25)/t13-/m0/s1. The van der Waals surface area contributed by atoms with Crippen LogP contribution in [0.3, 0.4) is 0 Å². The van der Waals surface area contributed by atoms with Crippen LogP contribution in [0.5, 0.6) is 5.75 Å². The fourth-order valence-electron chi connectivity index (χ4n) is 3.02. The maximum Gasteiger partial charge on any atom is 0.326 e. The maximum atomic E-state index is 12.1. The van der Waals surface area contributed by atoms with Crippen LogP contribution in [0.2, 0.25) is 0 Å². The van der Waals surface area contributed by atoms with E-state index in [1.165, 1.54) is 0 Å². The van der Waals surface area contributed by atoms with Gasteiger partial charge in [0.1, 0.15) is 5.75 Å². The number of nitrogens with one attached hydrogen (secondary N) is 1. The Balaban J connectivity index is 1.60. The zero-order chi connectivity index (χ0) is 18.8. The fraction of sp³-hybridized carbons (Fsp3) is 0.250. The number of H-pyrrole nitrogens is 1. The molecule has 2 aromatic carbocycles. The van der Waals surface area contributed by atoms with Crippen molar-refractivity contribution < 1.29 is 9.26 Å². The zero-order valence-electron chi connectivity index (χ0n) is 15.2. The zero-order valence-corrected chi connectivity index (χ0v) is 15.2. The second-order valence-electron chi connectivity index (χ2n) is 6.34. The average Bonchev–Trinajstić information content (AvgIpc) is 3.28. The number of aromatic nitrogens is 4. The van der Waals surface area contributed by atoms with E-state index in [0.29, 0.717) is 18.3 Å². The minimum absolute atomic E-state index is 0.109. The highest BCUT2D eigenvalue weighted by atomic mass is 16.5. The first kappa shape index (κ1) is 17.1. The van der Waals surface area contributed by atoms with Crippen molar-refractivity contribution in [3.05, 3.63) is 64.9 Å².